The van der Waals surface area contributed by atoms with Crippen molar-refractivity contribution in [3.05, 3.63) is 35.9 Å². The topological polar surface area (TPSA) is 64.1 Å². The van der Waals surface area contributed by atoms with Crippen LogP contribution in [0.2, 0.25) is 0 Å². The number of hydrogen-bond donors (Lipinski definition) is 2. The second-order valence-electron chi connectivity index (χ2n) is 7.12. The first-order valence-corrected chi connectivity index (χ1v) is 10.6. The molecule has 1 aromatic rings. The summed E-state index contributed by atoms with van der Waals surface area (Å²) in [6.45, 7) is 10.6. The molecular formula is C22H38IN3O3. The standard InChI is InChI=1S/C22H37N3O3.HI/c1-3-23-22(24-12-7-14-26-17-20-11-16-27-18-20)25-13-8-15-28-19(2)21-9-5-4-6-10-21;/h4-6,9-10,19-20H,3,7-8,11-18H2,1-2H3,(H2,23,24,25);1H. The van der Waals surface area contributed by atoms with Crippen LogP contribution in [0.5, 0.6) is 0 Å². The summed E-state index contributed by atoms with van der Waals surface area (Å²) in [6.07, 6.45) is 3.12. The van der Waals surface area contributed by atoms with Crippen molar-refractivity contribution in [2.75, 3.05) is 52.7 Å². The predicted octanol–water partition coefficient (Wildman–Crippen LogP) is 3.77. The van der Waals surface area contributed by atoms with E-state index in [1.807, 2.05) is 18.2 Å². The van der Waals surface area contributed by atoms with Crippen molar-refractivity contribution in [1.82, 2.24) is 10.6 Å². The van der Waals surface area contributed by atoms with Crippen molar-refractivity contribution in [1.29, 1.82) is 0 Å². The molecule has 1 aliphatic heterocycles. The molecule has 166 valence electrons. The van der Waals surface area contributed by atoms with Crippen molar-refractivity contribution in [3.63, 3.8) is 0 Å². The predicted molar refractivity (Wildman–Crippen MR) is 129 cm³/mol. The van der Waals surface area contributed by atoms with E-state index in [2.05, 4.69) is 41.6 Å². The third-order valence-electron chi connectivity index (χ3n) is 4.69. The number of ether oxygens (including phenoxy) is 3. The molecule has 2 atom stereocenters. The Balaban J connectivity index is 0.00000420. The van der Waals surface area contributed by atoms with Crippen LogP contribution in [0.15, 0.2) is 35.3 Å². The van der Waals surface area contributed by atoms with Crippen molar-refractivity contribution in [2.24, 2.45) is 10.9 Å². The van der Waals surface area contributed by atoms with Crippen LogP contribution in [-0.4, -0.2) is 58.6 Å². The molecule has 1 aromatic carbocycles. The summed E-state index contributed by atoms with van der Waals surface area (Å²) in [5.41, 5.74) is 1.22. The Bertz CT molecular complexity index is 539. The van der Waals surface area contributed by atoms with Gasteiger partial charge in [0.15, 0.2) is 5.96 Å². The highest BCUT2D eigenvalue weighted by molar-refractivity contribution is 14.0. The molecular weight excluding hydrogens is 481 g/mol. The Morgan fingerprint density at radius 1 is 1.21 bits per heavy atom. The van der Waals surface area contributed by atoms with Gasteiger partial charge in [-0.25, -0.2) is 0 Å². The van der Waals surface area contributed by atoms with Gasteiger partial charge in [0.25, 0.3) is 0 Å². The van der Waals surface area contributed by atoms with Crippen LogP contribution in [0.4, 0.5) is 0 Å². The number of nitrogens with zero attached hydrogens (tertiary/aromatic N) is 1. The number of benzene rings is 1. The third-order valence-corrected chi connectivity index (χ3v) is 4.69. The highest BCUT2D eigenvalue weighted by atomic mass is 127. The molecule has 1 heterocycles. The summed E-state index contributed by atoms with van der Waals surface area (Å²) in [5.74, 6) is 1.44. The van der Waals surface area contributed by atoms with Crippen LogP contribution < -0.4 is 10.6 Å². The van der Waals surface area contributed by atoms with Gasteiger partial charge in [0.05, 0.1) is 19.3 Å². The summed E-state index contributed by atoms with van der Waals surface area (Å²) in [5, 5.41) is 6.66. The number of halogens is 1. The first kappa shape index (κ1) is 26.1. The fourth-order valence-electron chi connectivity index (χ4n) is 3.02. The second kappa shape index (κ2) is 16.8. The van der Waals surface area contributed by atoms with E-state index in [0.29, 0.717) is 5.92 Å². The van der Waals surface area contributed by atoms with E-state index in [-0.39, 0.29) is 30.1 Å². The number of hydrogen-bond acceptors (Lipinski definition) is 4. The first-order chi connectivity index (χ1) is 13.8. The lowest BCUT2D eigenvalue weighted by Gasteiger charge is -2.14. The lowest BCUT2D eigenvalue weighted by molar-refractivity contribution is 0.0646. The Hall–Kier alpha value is -0.900. The SMILES string of the molecule is CCNC(=NCCCOCC1CCOC1)NCCCOC(C)c1ccccc1.I. The van der Waals surface area contributed by atoms with E-state index in [1.165, 1.54) is 5.56 Å². The van der Waals surface area contributed by atoms with Gasteiger partial charge in [-0.2, -0.15) is 0 Å². The van der Waals surface area contributed by atoms with Gasteiger partial charge in [-0.3, -0.25) is 4.99 Å². The average Bonchev–Trinajstić information content (AvgIpc) is 3.24. The molecule has 1 aliphatic rings. The lowest BCUT2D eigenvalue weighted by atomic mass is 10.1. The van der Waals surface area contributed by atoms with Gasteiger partial charge in [-0.15, -0.1) is 24.0 Å². The van der Waals surface area contributed by atoms with Gasteiger partial charge in [-0.05, 0) is 38.7 Å². The van der Waals surface area contributed by atoms with Gasteiger partial charge in [0, 0.05) is 45.4 Å². The lowest BCUT2D eigenvalue weighted by Crippen LogP contribution is -2.38. The quantitative estimate of drug-likeness (QED) is 0.180. The Morgan fingerprint density at radius 3 is 2.76 bits per heavy atom. The maximum atomic E-state index is 5.91. The number of nitrogens with one attached hydrogen (secondary N) is 2. The largest absolute Gasteiger partial charge is 0.381 e. The average molecular weight is 519 g/mol. The number of aliphatic imine (C=N–C) groups is 1. The molecule has 6 nitrogen and oxygen atoms in total. The Labute approximate surface area is 193 Å². The van der Waals surface area contributed by atoms with Crippen LogP contribution in [-0.2, 0) is 14.2 Å². The maximum Gasteiger partial charge on any atom is 0.191 e. The van der Waals surface area contributed by atoms with Gasteiger partial charge >= 0.3 is 0 Å². The molecule has 0 radical (unpaired) electrons. The normalized spacial score (nSPS) is 17.6. The van der Waals surface area contributed by atoms with E-state index >= 15 is 0 Å². The zero-order valence-electron chi connectivity index (χ0n) is 17.9. The molecule has 1 saturated heterocycles. The van der Waals surface area contributed by atoms with Crippen molar-refractivity contribution in [3.8, 4) is 0 Å². The van der Waals surface area contributed by atoms with Crippen LogP contribution >= 0.6 is 24.0 Å². The minimum absolute atomic E-state index is 0. The molecule has 0 saturated carbocycles. The molecule has 29 heavy (non-hydrogen) atoms. The van der Waals surface area contributed by atoms with E-state index in [4.69, 9.17) is 14.2 Å². The molecule has 0 amide bonds. The van der Waals surface area contributed by atoms with Crippen molar-refractivity contribution < 1.29 is 14.2 Å². The number of guanidine groups is 1. The molecule has 2 unspecified atom stereocenters. The van der Waals surface area contributed by atoms with E-state index in [9.17, 15) is 0 Å². The number of rotatable bonds is 13. The van der Waals surface area contributed by atoms with Gasteiger partial charge in [0.2, 0.25) is 0 Å². The molecule has 0 aliphatic carbocycles. The van der Waals surface area contributed by atoms with Crippen molar-refractivity contribution >= 4 is 29.9 Å². The van der Waals surface area contributed by atoms with Crippen LogP contribution in [0.1, 0.15) is 44.8 Å². The molecule has 0 spiro atoms. The second-order valence-corrected chi connectivity index (χ2v) is 7.12. The van der Waals surface area contributed by atoms with Crippen molar-refractivity contribution in [2.45, 2.75) is 39.2 Å². The van der Waals surface area contributed by atoms with Crippen LogP contribution in [0, 0.1) is 5.92 Å². The minimum atomic E-state index is 0. The third kappa shape index (κ3) is 11.8. The monoisotopic (exact) mass is 519 g/mol. The summed E-state index contributed by atoms with van der Waals surface area (Å²) >= 11 is 0. The maximum absolute atomic E-state index is 5.91. The van der Waals surface area contributed by atoms with Gasteiger partial charge < -0.3 is 24.8 Å². The Morgan fingerprint density at radius 2 is 2.03 bits per heavy atom. The molecule has 0 bridgehead atoms. The molecule has 7 heteroatoms. The zero-order valence-corrected chi connectivity index (χ0v) is 20.2. The molecule has 1 fully saturated rings. The fourth-order valence-corrected chi connectivity index (χ4v) is 3.02. The first-order valence-electron chi connectivity index (χ1n) is 10.6. The summed E-state index contributed by atoms with van der Waals surface area (Å²) in [4.78, 5) is 4.61. The highest BCUT2D eigenvalue weighted by Crippen LogP contribution is 2.15. The summed E-state index contributed by atoms with van der Waals surface area (Å²) in [7, 11) is 0. The Kier molecular flexibility index (Phi) is 15.2. The van der Waals surface area contributed by atoms with Gasteiger partial charge in [-0.1, -0.05) is 30.3 Å². The highest BCUT2D eigenvalue weighted by Gasteiger charge is 2.15. The van der Waals surface area contributed by atoms with E-state index in [1.54, 1.807) is 0 Å². The summed E-state index contributed by atoms with van der Waals surface area (Å²) in [6, 6.07) is 10.3. The molecule has 2 N–H and O–H groups in total. The van der Waals surface area contributed by atoms with Crippen LogP contribution in [0.3, 0.4) is 0 Å². The van der Waals surface area contributed by atoms with E-state index in [0.717, 1.165) is 77.9 Å². The van der Waals surface area contributed by atoms with Gasteiger partial charge in [0.1, 0.15) is 0 Å². The molecule has 2 rings (SSSR count). The fraction of sp³-hybridized carbons (Fsp3) is 0.682. The van der Waals surface area contributed by atoms with E-state index < -0.39 is 0 Å². The summed E-state index contributed by atoms with van der Waals surface area (Å²) < 4.78 is 17.0. The smallest absolute Gasteiger partial charge is 0.191 e. The zero-order chi connectivity index (χ0) is 19.9. The minimum Gasteiger partial charge on any atom is -0.381 e. The molecule has 0 aromatic heterocycles. The van der Waals surface area contributed by atoms with Crippen LogP contribution in [0.25, 0.3) is 0 Å².